The van der Waals surface area contributed by atoms with Crippen molar-refractivity contribution in [2.75, 3.05) is 57.4 Å². The molecule has 1 aliphatic rings. The summed E-state index contributed by atoms with van der Waals surface area (Å²) in [5, 5.41) is 2.84. The molecule has 9 nitrogen and oxygen atoms in total. The molecule has 3 aromatic carbocycles. The second-order valence-electron chi connectivity index (χ2n) is 9.99. The largest absolute Gasteiger partial charge is 0.493 e. The first-order chi connectivity index (χ1) is 18.1. The minimum atomic E-state index is -0.477. The molecule has 4 rings (SSSR count). The number of nitrogen functional groups attached to an aromatic ring is 1. The zero-order chi connectivity index (χ0) is 27.4. The van der Waals surface area contributed by atoms with Gasteiger partial charge >= 0.3 is 6.03 Å². The molecule has 1 atom stereocenters. The number of carbonyl (C=O) groups is 2. The molecule has 3 N–H and O–H groups in total. The summed E-state index contributed by atoms with van der Waals surface area (Å²) in [5.41, 5.74) is 8.71. The maximum Gasteiger partial charge on any atom is 0.325 e. The van der Waals surface area contributed by atoms with Gasteiger partial charge in [-0.2, -0.15) is 0 Å². The van der Waals surface area contributed by atoms with E-state index in [0.717, 1.165) is 11.3 Å². The summed E-state index contributed by atoms with van der Waals surface area (Å²) in [6.45, 7) is 3.71. The van der Waals surface area contributed by atoms with Crippen LogP contribution < -0.4 is 25.4 Å². The van der Waals surface area contributed by atoms with Crippen LogP contribution in [0.1, 0.15) is 22.8 Å². The normalized spacial score (nSPS) is 17.2. The number of hydrogen-bond acceptors (Lipinski definition) is 6. The van der Waals surface area contributed by atoms with Crippen molar-refractivity contribution in [1.82, 2.24) is 9.80 Å². The van der Waals surface area contributed by atoms with Crippen LogP contribution in [0.3, 0.4) is 0 Å². The van der Waals surface area contributed by atoms with Gasteiger partial charge in [-0.15, -0.1) is 0 Å². The molecule has 1 fully saturated rings. The zero-order valence-electron chi connectivity index (χ0n) is 22.5. The molecule has 1 unspecified atom stereocenters. The first-order valence-corrected chi connectivity index (χ1v) is 12.4. The molecule has 1 heterocycles. The summed E-state index contributed by atoms with van der Waals surface area (Å²) in [5.74, 6) is 0.924. The van der Waals surface area contributed by atoms with Crippen molar-refractivity contribution in [3.05, 3.63) is 77.9 Å². The van der Waals surface area contributed by atoms with E-state index in [0.29, 0.717) is 48.1 Å². The fraction of sp³-hybridized carbons (Fsp3) is 0.310. The Bertz CT molecular complexity index is 1310. The van der Waals surface area contributed by atoms with E-state index < -0.39 is 5.54 Å². The van der Waals surface area contributed by atoms with Gasteiger partial charge in [0.2, 0.25) is 0 Å². The van der Waals surface area contributed by atoms with Crippen LogP contribution in [-0.4, -0.2) is 68.7 Å². The molecule has 0 spiro atoms. The lowest BCUT2D eigenvalue weighted by Gasteiger charge is -2.36. The third-order valence-corrected chi connectivity index (χ3v) is 6.61. The number of para-hydroxylation sites is 2. The van der Waals surface area contributed by atoms with Gasteiger partial charge in [0.15, 0.2) is 11.5 Å². The predicted octanol–water partition coefficient (Wildman–Crippen LogP) is 4.30. The predicted molar refractivity (Wildman–Crippen MR) is 150 cm³/mol. The Morgan fingerprint density at radius 1 is 1.03 bits per heavy atom. The number of nitrogens with two attached hydrogens (primary N) is 1. The molecule has 200 valence electrons. The quantitative estimate of drug-likeness (QED) is 0.411. The maximum absolute atomic E-state index is 13.8. The summed E-state index contributed by atoms with van der Waals surface area (Å²) in [4.78, 5) is 32.2. The summed E-state index contributed by atoms with van der Waals surface area (Å²) in [6, 6.07) is 19.8. The van der Waals surface area contributed by atoms with Crippen molar-refractivity contribution in [2.24, 2.45) is 0 Å². The Hall–Kier alpha value is -4.24. The van der Waals surface area contributed by atoms with Gasteiger partial charge in [-0.25, -0.2) is 4.79 Å². The van der Waals surface area contributed by atoms with Crippen molar-refractivity contribution in [1.29, 1.82) is 0 Å². The number of anilines is 3. The summed E-state index contributed by atoms with van der Waals surface area (Å²) in [6.07, 6.45) is 0. The van der Waals surface area contributed by atoms with Crippen LogP contribution in [0.5, 0.6) is 11.5 Å². The van der Waals surface area contributed by atoms with E-state index in [-0.39, 0.29) is 11.9 Å². The number of ether oxygens (including phenoxy) is 2. The van der Waals surface area contributed by atoms with Crippen LogP contribution in [0.2, 0.25) is 0 Å². The Morgan fingerprint density at radius 3 is 2.34 bits per heavy atom. The van der Waals surface area contributed by atoms with Gasteiger partial charge in [0, 0.05) is 31.3 Å². The first-order valence-electron chi connectivity index (χ1n) is 12.4. The monoisotopic (exact) mass is 517 g/mol. The van der Waals surface area contributed by atoms with Gasteiger partial charge in [0.05, 0.1) is 36.8 Å². The van der Waals surface area contributed by atoms with E-state index >= 15 is 0 Å². The molecule has 0 radical (unpaired) electrons. The van der Waals surface area contributed by atoms with Crippen LogP contribution in [0.4, 0.5) is 21.9 Å². The standard InChI is InChI=1S/C29H35N5O4/c1-29(18-32(2)3)19-33(28(36)34(29)22-14-15-25(37-4)26(16-22)38-5)17-20-10-12-21(13-11-20)27(35)31-24-9-7-6-8-23(24)30/h6-16H,17-19,30H2,1-5H3,(H,31,35). The second kappa shape index (κ2) is 11.0. The minimum Gasteiger partial charge on any atom is -0.493 e. The van der Waals surface area contributed by atoms with Crippen LogP contribution in [0.25, 0.3) is 0 Å². The molecule has 0 bridgehead atoms. The SMILES string of the molecule is COc1ccc(N2C(=O)N(Cc3ccc(C(=O)Nc4ccccc4N)cc3)CC2(C)CN(C)C)cc1OC. The van der Waals surface area contributed by atoms with E-state index in [4.69, 9.17) is 15.2 Å². The van der Waals surface area contributed by atoms with Gasteiger partial charge in [0.1, 0.15) is 0 Å². The molecule has 0 saturated carbocycles. The number of urea groups is 1. The first kappa shape index (κ1) is 26.8. The van der Waals surface area contributed by atoms with E-state index in [9.17, 15) is 9.59 Å². The van der Waals surface area contributed by atoms with Crippen molar-refractivity contribution in [2.45, 2.75) is 19.0 Å². The molecule has 3 amide bonds. The van der Waals surface area contributed by atoms with Crippen molar-refractivity contribution in [3.63, 3.8) is 0 Å². The highest BCUT2D eigenvalue weighted by Crippen LogP contribution is 2.38. The van der Waals surface area contributed by atoms with Crippen molar-refractivity contribution >= 4 is 29.0 Å². The lowest BCUT2D eigenvalue weighted by atomic mass is 10.00. The highest BCUT2D eigenvalue weighted by atomic mass is 16.5. The van der Waals surface area contributed by atoms with Crippen LogP contribution in [-0.2, 0) is 6.54 Å². The van der Waals surface area contributed by atoms with Gasteiger partial charge in [-0.1, -0.05) is 24.3 Å². The highest BCUT2D eigenvalue weighted by Gasteiger charge is 2.47. The van der Waals surface area contributed by atoms with Gasteiger partial charge in [0.25, 0.3) is 5.91 Å². The summed E-state index contributed by atoms with van der Waals surface area (Å²) in [7, 11) is 7.16. The van der Waals surface area contributed by atoms with Gasteiger partial charge < -0.3 is 30.3 Å². The minimum absolute atomic E-state index is 0.0945. The fourth-order valence-corrected chi connectivity index (χ4v) is 5.02. The number of amides is 3. The van der Waals surface area contributed by atoms with Gasteiger partial charge in [-0.05, 0) is 63.0 Å². The lowest BCUT2D eigenvalue weighted by Crippen LogP contribution is -2.51. The molecule has 0 aliphatic carbocycles. The van der Waals surface area contributed by atoms with Crippen LogP contribution in [0, 0.1) is 0 Å². The third-order valence-electron chi connectivity index (χ3n) is 6.61. The van der Waals surface area contributed by atoms with E-state index in [1.807, 2.05) is 66.4 Å². The molecule has 38 heavy (non-hydrogen) atoms. The number of carbonyl (C=O) groups excluding carboxylic acids is 2. The topological polar surface area (TPSA) is 100 Å². The number of nitrogens with one attached hydrogen (secondary N) is 1. The molecule has 3 aromatic rings. The number of methoxy groups -OCH3 is 2. The fourth-order valence-electron chi connectivity index (χ4n) is 5.02. The Balaban J connectivity index is 1.54. The number of benzene rings is 3. The molecule has 9 heteroatoms. The number of nitrogens with zero attached hydrogens (tertiary/aromatic N) is 3. The van der Waals surface area contributed by atoms with E-state index in [1.165, 1.54) is 0 Å². The molecular formula is C29H35N5O4. The Morgan fingerprint density at radius 2 is 1.71 bits per heavy atom. The third kappa shape index (κ3) is 5.52. The van der Waals surface area contributed by atoms with Crippen LogP contribution in [0.15, 0.2) is 66.7 Å². The summed E-state index contributed by atoms with van der Waals surface area (Å²) < 4.78 is 10.9. The summed E-state index contributed by atoms with van der Waals surface area (Å²) >= 11 is 0. The molecular weight excluding hydrogens is 482 g/mol. The average Bonchev–Trinajstić information content (AvgIpc) is 3.13. The molecule has 1 saturated heterocycles. The van der Waals surface area contributed by atoms with Gasteiger partial charge in [-0.3, -0.25) is 9.69 Å². The molecule has 1 aliphatic heterocycles. The van der Waals surface area contributed by atoms with Crippen LogP contribution >= 0.6 is 0 Å². The van der Waals surface area contributed by atoms with Crippen molar-refractivity contribution in [3.8, 4) is 11.5 Å². The van der Waals surface area contributed by atoms with E-state index in [2.05, 4.69) is 17.1 Å². The maximum atomic E-state index is 13.8. The highest BCUT2D eigenvalue weighted by molar-refractivity contribution is 6.05. The molecule has 0 aromatic heterocycles. The number of hydrogen-bond donors (Lipinski definition) is 2. The van der Waals surface area contributed by atoms with Crippen molar-refractivity contribution < 1.29 is 19.1 Å². The Labute approximate surface area is 223 Å². The smallest absolute Gasteiger partial charge is 0.325 e. The van der Waals surface area contributed by atoms with E-state index in [1.54, 1.807) is 38.5 Å². The number of likely N-dealkylation sites (N-methyl/N-ethyl adjacent to an activating group) is 1. The Kier molecular flexibility index (Phi) is 7.78. The zero-order valence-corrected chi connectivity index (χ0v) is 22.5. The lowest BCUT2D eigenvalue weighted by molar-refractivity contribution is 0.102. The second-order valence-corrected chi connectivity index (χ2v) is 9.99. The number of rotatable bonds is 9. The average molecular weight is 518 g/mol.